The SMILES string of the molecule is NCCC[Si]O[Si]OO. The molecule has 0 bridgehead atoms. The lowest BCUT2D eigenvalue weighted by Gasteiger charge is -1.94. The highest BCUT2D eigenvalue weighted by Crippen LogP contribution is 1.84. The molecule has 0 saturated carbocycles. The van der Waals surface area contributed by atoms with Gasteiger partial charge in [-0.15, -0.1) is 0 Å². The summed E-state index contributed by atoms with van der Waals surface area (Å²) in [6.45, 7) is 0.694. The molecule has 0 aromatic rings. The van der Waals surface area contributed by atoms with E-state index >= 15 is 0 Å². The number of nitrogens with two attached hydrogens (primary N) is 1. The van der Waals surface area contributed by atoms with Crippen LogP contribution in [0.2, 0.25) is 6.04 Å². The van der Waals surface area contributed by atoms with Crippen molar-refractivity contribution in [3.05, 3.63) is 0 Å². The third kappa shape index (κ3) is 8.27. The van der Waals surface area contributed by atoms with E-state index in [-0.39, 0.29) is 10.0 Å². The second-order valence-corrected chi connectivity index (χ2v) is 3.27. The van der Waals surface area contributed by atoms with Gasteiger partial charge in [0, 0.05) is 0 Å². The van der Waals surface area contributed by atoms with Crippen molar-refractivity contribution in [3.63, 3.8) is 0 Å². The first-order chi connectivity index (χ1) is 4.41. The largest absolute Gasteiger partial charge is 0.461 e. The maximum Gasteiger partial charge on any atom is 0.461 e. The van der Waals surface area contributed by atoms with Crippen LogP contribution in [-0.2, 0) is 8.69 Å². The molecule has 0 heterocycles. The van der Waals surface area contributed by atoms with Gasteiger partial charge in [-0.05, 0) is 19.0 Å². The van der Waals surface area contributed by atoms with E-state index in [2.05, 4.69) is 4.58 Å². The van der Waals surface area contributed by atoms with Gasteiger partial charge < -0.3 is 9.85 Å². The molecule has 4 radical (unpaired) electrons. The van der Waals surface area contributed by atoms with Crippen LogP contribution in [-0.4, -0.2) is 31.6 Å². The maximum absolute atomic E-state index is 7.79. The van der Waals surface area contributed by atoms with Crippen LogP contribution < -0.4 is 5.73 Å². The van der Waals surface area contributed by atoms with Crippen LogP contribution >= 0.6 is 0 Å². The van der Waals surface area contributed by atoms with Gasteiger partial charge in [0.1, 0.15) is 0 Å². The zero-order valence-corrected chi connectivity index (χ0v) is 6.96. The fourth-order valence-corrected chi connectivity index (χ4v) is 1.41. The molecule has 6 heteroatoms. The van der Waals surface area contributed by atoms with Gasteiger partial charge in [-0.2, -0.15) is 0 Å². The maximum atomic E-state index is 7.79. The Morgan fingerprint density at radius 1 is 1.56 bits per heavy atom. The average molecular weight is 163 g/mol. The van der Waals surface area contributed by atoms with Crippen molar-refractivity contribution in [2.75, 3.05) is 6.54 Å². The van der Waals surface area contributed by atoms with E-state index in [0.717, 1.165) is 12.5 Å². The summed E-state index contributed by atoms with van der Waals surface area (Å²) in [4.78, 5) is 0. The predicted molar refractivity (Wildman–Crippen MR) is 34.8 cm³/mol. The number of rotatable bonds is 6. The molecule has 0 fully saturated rings. The molecule has 52 valence electrons. The highest BCUT2D eigenvalue weighted by Gasteiger charge is 1.92. The Balaban J connectivity index is 2.60. The van der Waals surface area contributed by atoms with E-state index in [1.54, 1.807) is 0 Å². The molecule has 4 nitrogen and oxygen atoms in total. The van der Waals surface area contributed by atoms with Gasteiger partial charge in [-0.1, -0.05) is 0 Å². The lowest BCUT2D eigenvalue weighted by molar-refractivity contribution is -0.147. The Bertz CT molecular complexity index is 50.3. The summed E-state index contributed by atoms with van der Waals surface area (Å²) in [5.41, 5.74) is 5.21. The normalized spacial score (nSPS) is 10.0. The van der Waals surface area contributed by atoms with Crippen LogP contribution in [0.5, 0.6) is 0 Å². The van der Waals surface area contributed by atoms with Crippen LogP contribution in [0.4, 0.5) is 0 Å². The van der Waals surface area contributed by atoms with E-state index in [0.29, 0.717) is 16.3 Å². The zero-order chi connectivity index (χ0) is 6.95. The molecule has 0 aliphatic carbocycles. The zero-order valence-electron chi connectivity index (χ0n) is 4.96. The van der Waals surface area contributed by atoms with Crippen LogP contribution in [0.15, 0.2) is 0 Å². The quantitative estimate of drug-likeness (QED) is 0.238. The summed E-state index contributed by atoms with van der Waals surface area (Å²) in [5.74, 6) is 0. The van der Waals surface area contributed by atoms with Crippen LogP contribution in [0, 0.1) is 0 Å². The molecule has 9 heavy (non-hydrogen) atoms. The van der Waals surface area contributed by atoms with E-state index in [9.17, 15) is 0 Å². The molecule has 0 aliphatic rings. The summed E-state index contributed by atoms with van der Waals surface area (Å²) in [6.07, 6.45) is 0.967. The van der Waals surface area contributed by atoms with Crippen LogP contribution in [0.25, 0.3) is 0 Å². The standard InChI is InChI=1S/C3H9NO3Si2/c4-2-1-3-8-7-9-6-5/h5H,1-4H2. The summed E-state index contributed by atoms with van der Waals surface area (Å²) in [6, 6.07) is 0.951. The van der Waals surface area contributed by atoms with Crippen LogP contribution in [0.1, 0.15) is 6.42 Å². The van der Waals surface area contributed by atoms with Gasteiger partial charge in [0.25, 0.3) is 0 Å². The summed E-state index contributed by atoms with van der Waals surface area (Å²) in [7, 11) is 0.146. The third-order valence-corrected chi connectivity index (χ3v) is 2.18. The fraction of sp³-hybridized carbons (Fsp3) is 1.00. The van der Waals surface area contributed by atoms with Gasteiger partial charge in [-0.3, -0.25) is 9.83 Å². The van der Waals surface area contributed by atoms with E-state index in [1.807, 2.05) is 0 Å². The molecular weight excluding hydrogens is 154 g/mol. The monoisotopic (exact) mass is 163 g/mol. The molecule has 0 aromatic heterocycles. The molecule has 0 rings (SSSR count). The van der Waals surface area contributed by atoms with Crippen molar-refractivity contribution >= 4 is 19.8 Å². The van der Waals surface area contributed by atoms with Crippen molar-refractivity contribution in [2.45, 2.75) is 12.5 Å². The lowest BCUT2D eigenvalue weighted by Crippen LogP contribution is -2.08. The Labute approximate surface area is 59.3 Å². The molecule has 0 aliphatic heterocycles. The van der Waals surface area contributed by atoms with Crippen molar-refractivity contribution in [1.82, 2.24) is 0 Å². The number of hydrogen-bond donors (Lipinski definition) is 2. The molecule has 0 saturated heterocycles. The molecule has 0 aromatic carbocycles. The van der Waals surface area contributed by atoms with E-state index < -0.39 is 0 Å². The Morgan fingerprint density at radius 3 is 2.89 bits per heavy atom. The molecular formula is C3H9NO3Si2. The minimum atomic E-state index is -0.247. The van der Waals surface area contributed by atoms with Crippen molar-refractivity contribution < 1.29 is 13.9 Å². The van der Waals surface area contributed by atoms with Gasteiger partial charge >= 0.3 is 10.0 Å². The highest BCUT2D eigenvalue weighted by molar-refractivity contribution is 6.38. The molecule has 0 atom stereocenters. The first kappa shape index (κ1) is 9.27. The fourth-order valence-electron chi connectivity index (χ4n) is 0.273. The first-order valence-electron chi connectivity index (χ1n) is 2.56. The summed E-state index contributed by atoms with van der Waals surface area (Å²) >= 11 is 0. The third-order valence-electron chi connectivity index (χ3n) is 0.634. The molecule has 0 unspecified atom stereocenters. The minimum absolute atomic E-state index is 0.247. The smallest absolute Gasteiger partial charge is 0.432 e. The summed E-state index contributed by atoms with van der Waals surface area (Å²) < 4.78 is 8.52. The second-order valence-electron chi connectivity index (χ2n) is 1.31. The number of hydrogen-bond acceptors (Lipinski definition) is 4. The Morgan fingerprint density at radius 2 is 2.33 bits per heavy atom. The minimum Gasteiger partial charge on any atom is -0.432 e. The Hall–Kier alpha value is 0.274. The highest BCUT2D eigenvalue weighted by atomic mass is 28.3. The lowest BCUT2D eigenvalue weighted by atomic mass is 10.5. The van der Waals surface area contributed by atoms with E-state index in [4.69, 9.17) is 15.1 Å². The average Bonchev–Trinajstić information content (AvgIpc) is 1.89. The van der Waals surface area contributed by atoms with Gasteiger partial charge in [0.05, 0.1) is 0 Å². The van der Waals surface area contributed by atoms with Crippen LogP contribution in [0.3, 0.4) is 0 Å². The van der Waals surface area contributed by atoms with Crippen molar-refractivity contribution in [1.29, 1.82) is 0 Å². The predicted octanol–water partition coefficient (Wildman–Crippen LogP) is -0.587. The van der Waals surface area contributed by atoms with E-state index in [1.165, 1.54) is 0 Å². The van der Waals surface area contributed by atoms with Gasteiger partial charge in [-0.25, -0.2) is 0 Å². The van der Waals surface area contributed by atoms with Crippen molar-refractivity contribution in [3.8, 4) is 0 Å². The van der Waals surface area contributed by atoms with Crippen molar-refractivity contribution in [2.24, 2.45) is 5.73 Å². The van der Waals surface area contributed by atoms with Gasteiger partial charge in [0.15, 0.2) is 0 Å². The van der Waals surface area contributed by atoms with Gasteiger partial charge in [0.2, 0.25) is 9.76 Å². The first-order valence-corrected chi connectivity index (χ1v) is 4.49. The molecule has 0 spiro atoms. The topological polar surface area (TPSA) is 64.7 Å². The molecule has 3 N–H and O–H groups in total. The summed E-state index contributed by atoms with van der Waals surface area (Å²) in [5, 5.41) is 7.79. The Kier molecular flexibility index (Phi) is 8.53. The molecule has 0 amide bonds. The second kappa shape index (κ2) is 8.27.